The lowest BCUT2D eigenvalue weighted by Crippen LogP contribution is -2.63. The minimum Gasteiger partial charge on any atom is -0.496 e. The summed E-state index contributed by atoms with van der Waals surface area (Å²) in [5.41, 5.74) is -1.74. The molecule has 0 saturated heterocycles. The molecule has 0 unspecified atom stereocenters. The van der Waals surface area contributed by atoms with Crippen LogP contribution in [0.25, 0.3) is 0 Å². The van der Waals surface area contributed by atoms with Gasteiger partial charge in [0.05, 0.1) is 19.3 Å². The summed E-state index contributed by atoms with van der Waals surface area (Å²) in [5, 5.41) is 49.3. The topological polar surface area (TPSA) is 127 Å². The van der Waals surface area contributed by atoms with Crippen LogP contribution >= 0.6 is 0 Å². The Kier molecular flexibility index (Phi) is 4.72. The smallest absolute Gasteiger partial charge is 0.336 e. The summed E-state index contributed by atoms with van der Waals surface area (Å²) in [6.07, 6.45) is -5.17. The molecule has 2 rings (SSSR count). The van der Waals surface area contributed by atoms with E-state index in [0.29, 0.717) is 11.3 Å². The first kappa shape index (κ1) is 16.7. The van der Waals surface area contributed by atoms with E-state index in [1.165, 1.54) is 7.11 Å². The third kappa shape index (κ3) is 2.80. The van der Waals surface area contributed by atoms with Crippen LogP contribution in [0.15, 0.2) is 24.3 Å². The van der Waals surface area contributed by atoms with E-state index in [4.69, 9.17) is 4.74 Å². The lowest BCUT2D eigenvalue weighted by molar-refractivity contribution is -0.209. The highest BCUT2D eigenvalue weighted by molar-refractivity contribution is 5.78. The quantitative estimate of drug-likeness (QED) is 0.490. The van der Waals surface area contributed by atoms with E-state index < -0.39 is 42.2 Å². The van der Waals surface area contributed by atoms with Gasteiger partial charge in [-0.05, 0) is 18.1 Å². The van der Waals surface area contributed by atoms with Crippen molar-refractivity contribution in [1.82, 2.24) is 0 Å². The van der Waals surface area contributed by atoms with Gasteiger partial charge < -0.3 is 30.3 Å². The first-order valence-electron chi connectivity index (χ1n) is 6.93. The van der Waals surface area contributed by atoms with Crippen LogP contribution < -0.4 is 4.74 Å². The van der Waals surface area contributed by atoms with Crippen molar-refractivity contribution in [2.75, 3.05) is 7.11 Å². The number of carboxylic acids is 1. The Balaban J connectivity index is 2.38. The van der Waals surface area contributed by atoms with Crippen molar-refractivity contribution in [3.63, 3.8) is 0 Å². The highest BCUT2D eigenvalue weighted by atomic mass is 16.5. The van der Waals surface area contributed by atoms with Gasteiger partial charge in [0.15, 0.2) is 5.60 Å². The lowest BCUT2D eigenvalue weighted by atomic mass is 9.68. The van der Waals surface area contributed by atoms with Gasteiger partial charge in [-0.3, -0.25) is 0 Å². The van der Waals surface area contributed by atoms with Crippen LogP contribution in [0.2, 0.25) is 0 Å². The summed E-state index contributed by atoms with van der Waals surface area (Å²) in [5.74, 6) is -2.24. The molecule has 0 aromatic heterocycles. The number of carbonyl (C=O) groups is 1. The molecule has 7 heteroatoms. The number of hydrogen-bond acceptors (Lipinski definition) is 6. The SMILES string of the molecule is COc1ccccc1C[C@H]1[C@@H](O)[C@@H](O)[C@H](O)C[C@@]1(O)C(=O)O. The molecular formula is C15H20O7. The number of para-hydroxylation sites is 1. The van der Waals surface area contributed by atoms with Gasteiger partial charge in [0.1, 0.15) is 11.9 Å². The predicted octanol–water partition coefficient (Wildman–Crippen LogP) is -0.844. The van der Waals surface area contributed by atoms with Crippen molar-refractivity contribution in [3.8, 4) is 5.75 Å². The zero-order valence-electron chi connectivity index (χ0n) is 12.1. The Morgan fingerprint density at radius 1 is 1.27 bits per heavy atom. The molecule has 22 heavy (non-hydrogen) atoms. The van der Waals surface area contributed by atoms with Gasteiger partial charge in [-0.15, -0.1) is 0 Å². The molecule has 1 fully saturated rings. The molecule has 0 bridgehead atoms. The number of aliphatic carboxylic acids is 1. The number of aliphatic hydroxyl groups is 4. The molecule has 0 radical (unpaired) electrons. The molecule has 1 saturated carbocycles. The Morgan fingerprint density at radius 3 is 2.50 bits per heavy atom. The zero-order chi connectivity index (χ0) is 16.5. The number of ether oxygens (including phenoxy) is 1. The standard InChI is InChI=1S/C15H20O7/c1-22-11-5-3-2-4-8(11)6-9-12(17)13(18)10(16)7-15(9,21)14(19)20/h2-5,9-10,12-13,16-18,21H,6-7H2,1H3,(H,19,20)/t9-,10+,12+,13-,15-/m0/s1. The molecule has 0 amide bonds. The maximum Gasteiger partial charge on any atom is 0.336 e. The van der Waals surface area contributed by atoms with E-state index >= 15 is 0 Å². The van der Waals surface area contributed by atoms with E-state index in [9.17, 15) is 30.3 Å². The maximum atomic E-state index is 11.4. The summed E-state index contributed by atoms with van der Waals surface area (Å²) in [6.45, 7) is 0. The van der Waals surface area contributed by atoms with Crippen molar-refractivity contribution in [3.05, 3.63) is 29.8 Å². The number of hydrogen-bond donors (Lipinski definition) is 5. The van der Waals surface area contributed by atoms with E-state index in [0.717, 1.165) is 0 Å². The van der Waals surface area contributed by atoms with Gasteiger partial charge in [0, 0.05) is 12.3 Å². The van der Waals surface area contributed by atoms with Crippen molar-refractivity contribution < 1.29 is 35.1 Å². The Morgan fingerprint density at radius 2 is 1.91 bits per heavy atom. The van der Waals surface area contributed by atoms with Crippen LogP contribution in [-0.4, -0.2) is 62.5 Å². The van der Waals surface area contributed by atoms with E-state index in [2.05, 4.69) is 0 Å². The van der Waals surface area contributed by atoms with Crippen molar-refractivity contribution >= 4 is 5.97 Å². The number of aliphatic hydroxyl groups excluding tert-OH is 3. The van der Waals surface area contributed by atoms with E-state index in [1.54, 1.807) is 24.3 Å². The second-order valence-corrected chi connectivity index (χ2v) is 5.60. The molecule has 122 valence electrons. The number of benzene rings is 1. The molecule has 0 spiro atoms. The molecule has 1 aliphatic carbocycles. The predicted molar refractivity (Wildman–Crippen MR) is 75.4 cm³/mol. The van der Waals surface area contributed by atoms with Crippen molar-refractivity contribution in [2.45, 2.75) is 36.8 Å². The van der Waals surface area contributed by atoms with Crippen LogP contribution in [0.4, 0.5) is 0 Å². The molecule has 1 aromatic carbocycles. The fourth-order valence-electron chi connectivity index (χ4n) is 2.98. The molecular weight excluding hydrogens is 292 g/mol. The van der Waals surface area contributed by atoms with Crippen molar-refractivity contribution in [2.24, 2.45) is 5.92 Å². The maximum absolute atomic E-state index is 11.4. The van der Waals surface area contributed by atoms with Gasteiger partial charge in [-0.1, -0.05) is 18.2 Å². The van der Waals surface area contributed by atoms with E-state index in [1.807, 2.05) is 0 Å². The molecule has 1 aliphatic rings. The highest BCUT2D eigenvalue weighted by Crippen LogP contribution is 2.38. The van der Waals surface area contributed by atoms with Gasteiger partial charge in [-0.2, -0.15) is 0 Å². The minimum atomic E-state index is -2.33. The molecule has 7 nitrogen and oxygen atoms in total. The van der Waals surface area contributed by atoms with Crippen LogP contribution in [0.5, 0.6) is 5.75 Å². The van der Waals surface area contributed by atoms with Gasteiger partial charge >= 0.3 is 5.97 Å². The summed E-state index contributed by atoms with van der Waals surface area (Å²) < 4.78 is 5.18. The number of carboxylic acid groups (broad SMARTS) is 1. The number of methoxy groups -OCH3 is 1. The second-order valence-electron chi connectivity index (χ2n) is 5.60. The monoisotopic (exact) mass is 312 g/mol. The highest BCUT2D eigenvalue weighted by Gasteiger charge is 2.56. The normalized spacial score (nSPS) is 35.1. The van der Waals surface area contributed by atoms with Gasteiger partial charge in [0.2, 0.25) is 0 Å². The molecule has 0 heterocycles. The van der Waals surface area contributed by atoms with Crippen LogP contribution in [0.1, 0.15) is 12.0 Å². The van der Waals surface area contributed by atoms with Crippen molar-refractivity contribution in [1.29, 1.82) is 0 Å². The first-order valence-corrected chi connectivity index (χ1v) is 6.93. The van der Waals surface area contributed by atoms with Crippen LogP contribution in [0, 0.1) is 5.92 Å². The van der Waals surface area contributed by atoms with Gasteiger partial charge in [-0.25, -0.2) is 4.79 Å². The minimum absolute atomic E-state index is 0.0161. The first-order chi connectivity index (χ1) is 10.3. The Labute approximate surface area is 127 Å². The Bertz CT molecular complexity index is 546. The third-order valence-corrected chi connectivity index (χ3v) is 4.29. The summed E-state index contributed by atoms with van der Waals surface area (Å²) in [6, 6.07) is 6.82. The molecule has 5 N–H and O–H groups in total. The molecule has 5 atom stereocenters. The van der Waals surface area contributed by atoms with Gasteiger partial charge in [0.25, 0.3) is 0 Å². The zero-order valence-corrected chi connectivity index (χ0v) is 12.1. The fraction of sp³-hybridized carbons (Fsp3) is 0.533. The summed E-state index contributed by atoms with van der Waals surface area (Å²) >= 11 is 0. The summed E-state index contributed by atoms with van der Waals surface area (Å²) in [7, 11) is 1.46. The molecule has 1 aromatic rings. The average molecular weight is 312 g/mol. The third-order valence-electron chi connectivity index (χ3n) is 4.29. The second kappa shape index (κ2) is 6.21. The average Bonchev–Trinajstić information content (AvgIpc) is 2.49. The van der Waals surface area contributed by atoms with Crippen LogP contribution in [0.3, 0.4) is 0 Å². The van der Waals surface area contributed by atoms with E-state index in [-0.39, 0.29) is 6.42 Å². The largest absolute Gasteiger partial charge is 0.496 e. The number of rotatable bonds is 4. The summed E-state index contributed by atoms with van der Waals surface area (Å²) in [4.78, 5) is 11.4. The lowest BCUT2D eigenvalue weighted by Gasteiger charge is -2.44. The van der Waals surface area contributed by atoms with Crippen LogP contribution in [-0.2, 0) is 11.2 Å². The fourth-order valence-corrected chi connectivity index (χ4v) is 2.98. The molecule has 0 aliphatic heterocycles. The Hall–Kier alpha value is -1.67.